The molecule has 0 rings (SSSR count). The number of hydrogen-bond acceptors (Lipinski definition) is 3. The Hall–Kier alpha value is 0.110. The molecule has 0 aliphatic heterocycles. The summed E-state index contributed by atoms with van der Waals surface area (Å²) in [6.07, 6.45) is 0.831. The summed E-state index contributed by atoms with van der Waals surface area (Å²) < 4.78 is 24.7. The van der Waals surface area contributed by atoms with Crippen molar-refractivity contribution in [2.24, 2.45) is 0 Å². The van der Waals surface area contributed by atoms with Crippen LogP contribution in [-0.2, 0) is 13.6 Å². The predicted octanol–water partition coefficient (Wildman–Crippen LogP) is 3.29. The molecule has 92 valence electrons. The lowest BCUT2D eigenvalue weighted by atomic mass is 10.3. The third kappa shape index (κ3) is 4.23. The van der Waals surface area contributed by atoms with Gasteiger partial charge in [0.15, 0.2) is 0 Å². The fourth-order valence-corrected chi connectivity index (χ4v) is 3.55. The van der Waals surface area contributed by atoms with Crippen LogP contribution in [0.15, 0.2) is 0 Å². The summed E-state index contributed by atoms with van der Waals surface area (Å²) in [5, 5.41) is 0. The van der Waals surface area contributed by atoms with Crippen LogP contribution in [0.1, 0.15) is 41.0 Å². The quantitative estimate of drug-likeness (QED) is 0.637. The summed E-state index contributed by atoms with van der Waals surface area (Å²) in [6, 6.07) is 0.264. The van der Waals surface area contributed by atoms with Crippen LogP contribution in [0.2, 0.25) is 0 Å². The maximum Gasteiger partial charge on any atom is 0.408 e. The van der Waals surface area contributed by atoms with Gasteiger partial charge in [0, 0.05) is 19.2 Å². The largest absolute Gasteiger partial charge is 0.408 e. The highest BCUT2D eigenvalue weighted by Crippen LogP contribution is 2.53. The third-order valence-corrected chi connectivity index (χ3v) is 4.49. The molecular formula is C10H24NO3P. The van der Waals surface area contributed by atoms with Gasteiger partial charge in [-0.05, 0) is 34.1 Å². The van der Waals surface area contributed by atoms with Crippen molar-refractivity contribution in [2.75, 3.05) is 13.7 Å². The molecule has 0 saturated heterocycles. The normalized spacial score (nSPS) is 16.3. The highest BCUT2D eigenvalue weighted by Gasteiger charge is 2.36. The summed E-state index contributed by atoms with van der Waals surface area (Å²) in [5.74, 6) is 0. The maximum atomic E-state index is 12.4. The fourth-order valence-electron chi connectivity index (χ4n) is 1.58. The minimum Gasteiger partial charge on any atom is -0.300 e. The smallest absolute Gasteiger partial charge is 0.300 e. The molecule has 0 spiro atoms. The molecule has 0 radical (unpaired) electrons. The minimum atomic E-state index is -3.11. The first kappa shape index (κ1) is 15.1. The molecule has 0 bridgehead atoms. The standard InChI is InChI=1S/C10H24NO3P/c1-7-8-14-15(12,13-6)11(9(2)3)10(4)5/h9-10H,7-8H2,1-6H3. The van der Waals surface area contributed by atoms with E-state index in [1.807, 2.05) is 34.6 Å². The van der Waals surface area contributed by atoms with Gasteiger partial charge in [-0.1, -0.05) is 6.92 Å². The minimum absolute atomic E-state index is 0.132. The van der Waals surface area contributed by atoms with Gasteiger partial charge in [0.05, 0.1) is 6.61 Å². The van der Waals surface area contributed by atoms with Gasteiger partial charge >= 0.3 is 7.75 Å². The Kier molecular flexibility index (Phi) is 6.69. The van der Waals surface area contributed by atoms with Crippen molar-refractivity contribution in [3.8, 4) is 0 Å². The molecule has 0 aliphatic rings. The van der Waals surface area contributed by atoms with E-state index in [1.165, 1.54) is 7.11 Å². The molecule has 0 saturated carbocycles. The lowest BCUT2D eigenvalue weighted by molar-refractivity contribution is 0.149. The van der Waals surface area contributed by atoms with Gasteiger partial charge in [-0.15, -0.1) is 0 Å². The van der Waals surface area contributed by atoms with E-state index in [0.29, 0.717) is 6.61 Å². The molecule has 0 heterocycles. The lowest BCUT2D eigenvalue weighted by Crippen LogP contribution is -2.35. The molecule has 0 aromatic rings. The average molecular weight is 237 g/mol. The van der Waals surface area contributed by atoms with Gasteiger partial charge in [0.25, 0.3) is 0 Å². The van der Waals surface area contributed by atoms with Crippen LogP contribution in [0.4, 0.5) is 0 Å². The highest BCUT2D eigenvalue weighted by molar-refractivity contribution is 7.51. The van der Waals surface area contributed by atoms with Gasteiger partial charge in [0.1, 0.15) is 0 Å². The fraction of sp³-hybridized carbons (Fsp3) is 1.00. The Morgan fingerprint density at radius 2 is 1.67 bits per heavy atom. The second-order valence-electron chi connectivity index (χ2n) is 4.05. The van der Waals surface area contributed by atoms with Crippen LogP contribution in [0.3, 0.4) is 0 Å². The molecule has 1 unspecified atom stereocenters. The van der Waals surface area contributed by atoms with E-state index in [0.717, 1.165) is 6.42 Å². The van der Waals surface area contributed by atoms with Crippen LogP contribution in [-0.4, -0.2) is 30.5 Å². The van der Waals surface area contributed by atoms with E-state index < -0.39 is 7.75 Å². The third-order valence-electron chi connectivity index (χ3n) is 2.03. The first-order valence-corrected chi connectivity index (χ1v) is 6.97. The first-order valence-electron chi connectivity index (χ1n) is 5.48. The van der Waals surface area contributed by atoms with Crippen molar-refractivity contribution in [3.05, 3.63) is 0 Å². The summed E-state index contributed by atoms with van der Waals surface area (Å²) in [4.78, 5) is 0. The van der Waals surface area contributed by atoms with Gasteiger partial charge in [-0.25, -0.2) is 9.24 Å². The number of nitrogens with zero attached hydrogens (tertiary/aromatic N) is 1. The van der Waals surface area contributed by atoms with E-state index in [-0.39, 0.29) is 12.1 Å². The average Bonchev–Trinajstić information content (AvgIpc) is 2.13. The van der Waals surface area contributed by atoms with Gasteiger partial charge in [-0.2, -0.15) is 0 Å². The molecule has 1 atom stereocenters. The zero-order valence-corrected chi connectivity index (χ0v) is 11.6. The Balaban J connectivity index is 4.78. The zero-order chi connectivity index (χ0) is 12.1. The molecule has 5 heteroatoms. The molecule has 0 aromatic heterocycles. The summed E-state index contributed by atoms with van der Waals surface area (Å²) in [6.45, 7) is 10.4. The van der Waals surface area contributed by atoms with Crippen molar-refractivity contribution in [3.63, 3.8) is 0 Å². The number of rotatable bonds is 7. The molecule has 0 aromatic carbocycles. The predicted molar refractivity (Wildman–Crippen MR) is 63.0 cm³/mol. The second-order valence-corrected chi connectivity index (χ2v) is 6.07. The van der Waals surface area contributed by atoms with Crippen LogP contribution in [0.5, 0.6) is 0 Å². The van der Waals surface area contributed by atoms with Crippen molar-refractivity contribution < 1.29 is 13.6 Å². The summed E-state index contributed by atoms with van der Waals surface area (Å²) >= 11 is 0. The van der Waals surface area contributed by atoms with E-state index in [2.05, 4.69) is 0 Å². The molecular weight excluding hydrogens is 213 g/mol. The Morgan fingerprint density at radius 1 is 1.20 bits per heavy atom. The SMILES string of the molecule is CCCOP(=O)(OC)N(C(C)C)C(C)C. The van der Waals surface area contributed by atoms with Crippen LogP contribution in [0, 0.1) is 0 Å². The van der Waals surface area contributed by atoms with E-state index in [1.54, 1.807) is 4.67 Å². The van der Waals surface area contributed by atoms with E-state index in [4.69, 9.17) is 9.05 Å². The van der Waals surface area contributed by atoms with E-state index >= 15 is 0 Å². The number of hydrogen-bond donors (Lipinski definition) is 0. The Bertz CT molecular complexity index is 211. The monoisotopic (exact) mass is 237 g/mol. The molecule has 4 nitrogen and oxygen atoms in total. The molecule has 0 aliphatic carbocycles. The summed E-state index contributed by atoms with van der Waals surface area (Å²) in [5.41, 5.74) is 0. The van der Waals surface area contributed by atoms with Crippen molar-refractivity contribution in [1.29, 1.82) is 0 Å². The highest BCUT2D eigenvalue weighted by atomic mass is 31.2. The van der Waals surface area contributed by atoms with Crippen molar-refractivity contribution in [2.45, 2.75) is 53.1 Å². The van der Waals surface area contributed by atoms with Crippen LogP contribution in [0.25, 0.3) is 0 Å². The maximum absolute atomic E-state index is 12.4. The van der Waals surface area contributed by atoms with Crippen molar-refractivity contribution >= 4 is 7.75 Å². The molecule has 0 N–H and O–H groups in total. The van der Waals surface area contributed by atoms with Gasteiger partial charge < -0.3 is 0 Å². The molecule has 0 amide bonds. The van der Waals surface area contributed by atoms with Crippen molar-refractivity contribution in [1.82, 2.24) is 4.67 Å². The van der Waals surface area contributed by atoms with E-state index in [9.17, 15) is 4.57 Å². The van der Waals surface area contributed by atoms with Crippen LogP contribution >= 0.6 is 7.75 Å². The molecule has 15 heavy (non-hydrogen) atoms. The lowest BCUT2D eigenvalue weighted by Gasteiger charge is -2.35. The van der Waals surface area contributed by atoms with Gasteiger partial charge in [0.2, 0.25) is 0 Å². The Morgan fingerprint density at radius 3 is 1.93 bits per heavy atom. The topological polar surface area (TPSA) is 38.8 Å². The zero-order valence-electron chi connectivity index (χ0n) is 10.7. The second kappa shape index (κ2) is 6.64. The Labute approximate surface area is 93.5 Å². The molecule has 0 fully saturated rings. The first-order chi connectivity index (χ1) is 6.89. The van der Waals surface area contributed by atoms with Gasteiger partial charge in [-0.3, -0.25) is 9.05 Å². The summed E-state index contributed by atoms with van der Waals surface area (Å²) in [7, 11) is -1.67. The van der Waals surface area contributed by atoms with Crippen LogP contribution < -0.4 is 0 Å².